The van der Waals surface area contributed by atoms with Crippen LogP contribution in [0.1, 0.15) is 39.0 Å². The Balaban J connectivity index is 1.99. The summed E-state index contributed by atoms with van der Waals surface area (Å²) < 4.78 is 5.29. The van der Waals surface area contributed by atoms with Gasteiger partial charge in [-0.3, -0.25) is 0 Å². The predicted octanol–water partition coefficient (Wildman–Crippen LogP) is 4.08. The number of rotatable bonds is 5. The van der Waals surface area contributed by atoms with Crippen LogP contribution in [-0.4, -0.2) is 18.4 Å². The Labute approximate surface area is 121 Å². The molecule has 1 aromatic carbocycles. The van der Waals surface area contributed by atoms with Crippen molar-refractivity contribution in [2.75, 3.05) is 7.11 Å². The van der Waals surface area contributed by atoms with Gasteiger partial charge in [0.1, 0.15) is 5.75 Å². The minimum atomic E-state index is 0.337. The highest BCUT2D eigenvalue weighted by Crippen LogP contribution is 2.38. The zero-order valence-electron chi connectivity index (χ0n) is 12.0. The number of methoxy groups -OCH3 is 1. The molecule has 3 heteroatoms. The molecule has 0 heterocycles. The van der Waals surface area contributed by atoms with E-state index in [0.29, 0.717) is 11.3 Å². The normalized spacial score (nSPS) is 27.2. The molecule has 0 bridgehead atoms. The topological polar surface area (TPSA) is 35.2 Å². The lowest BCUT2D eigenvalue weighted by atomic mass is 9.83. The largest absolute Gasteiger partial charge is 0.497 e. The number of nitrogens with two attached hydrogens (primary N) is 1. The first kappa shape index (κ1) is 14.7. The summed E-state index contributed by atoms with van der Waals surface area (Å²) >= 11 is 1.93. The summed E-state index contributed by atoms with van der Waals surface area (Å²) in [5.74, 6) is 1.80. The number of benzene rings is 1. The number of ether oxygens (including phenoxy) is 1. The molecule has 2 N–H and O–H groups in total. The Bertz CT molecular complexity index is 396. The van der Waals surface area contributed by atoms with E-state index in [9.17, 15) is 0 Å². The molecular formula is C16H25NOS. The molecule has 19 heavy (non-hydrogen) atoms. The van der Waals surface area contributed by atoms with Gasteiger partial charge in [-0.2, -0.15) is 0 Å². The van der Waals surface area contributed by atoms with Gasteiger partial charge in [0, 0.05) is 16.2 Å². The summed E-state index contributed by atoms with van der Waals surface area (Å²) in [5, 5.41) is 0.553. The van der Waals surface area contributed by atoms with E-state index in [2.05, 4.69) is 25.1 Å². The van der Waals surface area contributed by atoms with E-state index in [-0.39, 0.29) is 0 Å². The Morgan fingerprint density at radius 2 is 2.21 bits per heavy atom. The van der Waals surface area contributed by atoms with Crippen LogP contribution in [0.2, 0.25) is 0 Å². The average Bonchev–Trinajstić information content (AvgIpc) is 2.43. The highest BCUT2D eigenvalue weighted by atomic mass is 32.2. The molecule has 3 atom stereocenters. The zero-order valence-corrected chi connectivity index (χ0v) is 12.8. The van der Waals surface area contributed by atoms with Crippen molar-refractivity contribution in [3.05, 3.63) is 24.3 Å². The van der Waals surface area contributed by atoms with Gasteiger partial charge in [0.2, 0.25) is 0 Å². The Morgan fingerprint density at radius 3 is 2.95 bits per heavy atom. The highest BCUT2D eigenvalue weighted by molar-refractivity contribution is 8.00. The Hall–Kier alpha value is -0.670. The minimum absolute atomic E-state index is 0.337. The van der Waals surface area contributed by atoms with Crippen LogP contribution >= 0.6 is 11.8 Å². The summed E-state index contributed by atoms with van der Waals surface area (Å²) in [5.41, 5.74) is 6.30. The van der Waals surface area contributed by atoms with Gasteiger partial charge in [0.15, 0.2) is 0 Å². The quantitative estimate of drug-likeness (QED) is 0.882. The van der Waals surface area contributed by atoms with Crippen LogP contribution in [0.25, 0.3) is 0 Å². The lowest BCUT2D eigenvalue weighted by molar-refractivity contribution is 0.317. The van der Waals surface area contributed by atoms with Gasteiger partial charge in [0.25, 0.3) is 0 Å². The van der Waals surface area contributed by atoms with E-state index in [4.69, 9.17) is 10.5 Å². The van der Waals surface area contributed by atoms with Gasteiger partial charge in [0.05, 0.1) is 7.11 Å². The predicted molar refractivity (Wildman–Crippen MR) is 82.9 cm³/mol. The first-order valence-electron chi connectivity index (χ1n) is 7.29. The van der Waals surface area contributed by atoms with Crippen LogP contribution in [0.15, 0.2) is 29.2 Å². The van der Waals surface area contributed by atoms with E-state index in [1.54, 1.807) is 7.11 Å². The molecule has 0 radical (unpaired) electrons. The summed E-state index contributed by atoms with van der Waals surface area (Å²) in [4.78, 5) is 1.27. The molecule has 1 aliphatic rings. The maximum Gasteiger partial charge on any atom is 0.119 e. The highest BCUT2D eigenvalue weighted by Gasteiger charge is 2.28. The number of hydrogen-bond acceptors (Lipinski definition) is 3. The monoisotopic (exact) mass is 279 g/mol. The molecule has 2 rings (SSSR count). The molecule has 3 unspecified atom stereocenters. The lowest BCUT2D eigenvalue weighted by Gasteiger charge is -2.33. The first-order chi connectivity index (χ1) is 9.22. The zero-order chi connectivity index (χ0) is 13.7. The maximum atomic E-state index is 6.30. The van der Waals surface area contributed by atoms with Gasteiger partial charge < -0.3 is 10.5 Å². The summed E-state index contributed by atoms with van der Waals surface area (Å²) in [6, 6.07) is 8.65. The second-order valence-electron chi connectivity index (χ2n) is 5.47. The van der Waals surface area contributed by atoms with Crippen molar-refractivity contribution in [3.8, 4) is 5.75 Å². The van der Waals surface area contributed by atoms with E-state index < -0.39 is 0 Å². The molecular weight excluding hydrogens is 254 g/mol. The van der Waals surface area contributed by atoms with E-state index in [1.165, 1.54) is 37.0 Å². The SMILES string of the molecule is CCCC1CCC(N)C(Sc2cccc(OC)c2)C1. The molecule has 0 saturated heterocycles. The van der Waals surface area contributed by atoms with Crippen LogP contribution in [0.3, 0.4) is 0 Å². The summed E-state index contributed by atoms with van der Waals surface area (Å²) in [6.45, 7) is 2.28. The van der Waals surface area contributed by atoms with Gasteiger partial charge in [-0.15, -0.1) is 11.8 Å². The number of thioether (sulfide) groups is 1. The molecule has 2 nitrogen and oxygen atoms in total. The first-order valence-corrected chi connectivity index (χ1v) is 8.17. The van der Waals surface area contributed by atoms with Crippen LogP contribution in [0.4, 0.5) is 0 Å². The van der Waals surface area contributed by atoms with Crippen molar-refractivity contribution in [3.63, 3.8) is 0 Å². The second kappa shape index (κ2) is 7.20. The summed E-state index contributed by atoms with van der Waals surface area (Å²) in [7, 11) is 1.72. The number of hydrogen-bond donors (Lipinski definition) is 1. The minimum Gasteiger partial charge on any atom is -0.497 e. The van der Waals surface area contributed by atoms with Gasteiger partial charge in [-0.1, -0.05) is 25.8 Å². The third-order valence-electron chi connectivity index (χ3n) is 3.98. The molecule has 0 aliphatic heterocycles. The molecule has 0 aromatic heterocycles. The van der Waals surface area contributed by atoms with Crippen LogP contribution < -0.4 is 10.5 Å². The van der Waals surface area contributed by atoms with Crippen molar-refractivity contribution in [1.29, 1.82) is 0 Å². The van der Waals surface area contributed by atoms with Gasteiger partial charge in [-0.25, -0.2) is 0 Å². The fraction of sp³-hybridized carbons (Fsp3) is 0.625. The molecule has 1 fully saturated rings. The van der Waals surface area contributed by atoms with Gasteiger partial charge >= 0.3 is 0 Å². The Morgan fingerprint density at radius 1 is 1.37 bits per heavy atom. The molecule has 106 valence electrons. The van der Waals surface area contributed by atoms with Crippen LogP contribution in [0.5, 0.6) is 5.75 Å². The fourth-order valence-electron chi connectivity index (χ4n) is 2.89. The maximum absolute atomic E-state index is 6.30. The van der Waals surface area contributed by atoms with Crippen molar-refractivity contribution in [2.45, 2.75) is 55.2 Å². The molecule has 0 spiro atoms. The third-order valence-corrected chi connectivity index (χ3v) is 5.35. The van der Waals surface area contributed by atoms with Crippen molar-refractivity contribution in [1.82, 2.24) is 0 Å². The second-order valence-corrected chi connectivity index (χ2v) is 6.78. The molecule has 1 aromatic rings. The standard InChI is InChI=1S/C16H25NOS/c1-3-5-12-8-9-15(17)16(10-12)19-14-7-4-6-13(11-14)18-2/h4,6-7,11-12,15-16H,3,5,8-10,17H2,1-2H3. The fourth-order valence-corrected chi connectivity index (χ4v) is 4.26. The van der Waals surface area contributed by atoms with E-state index in [1.807, 2.05) is 17.8 Å². The lowest BCUT2D eigenvalue weighted by Crippen LogP contribution is -2.38. The van der Waals surface area contributed by atoms with E-state index in [0.717, 1.165) is 11.7 Å². The van der Waals surface area contributed by atoms with Crippen molar-refractivity contribution >= 4 is 11.8 Å². The Kier molecular flexibility index (Phi) is 5.59. The van der Waals surface area contributed by atoms with Gasteiger partial charge in [-0.05, 0) is 43.4 Å². The van der Waals surface area contributed by atoms with Crippen molar-refractivity contribution in [2.24, 2.45) is 11.7 Å². The average molecular weight is 279 g/mol. The van der Waals surface area contributed by atoms with Crippen LogP contribution in [0, 0.1) is 5.92 Å². The van der Waals surface area contributed by atoms with Crippen molar-refractivity contribution < 1.29 is 4.74 Å². The van der Waals surface area contributed by atoms with Crippen LogP contribution in [-0.2, 0) is 0 Å². The van der Waals surface area contributed by atoms with E-state index >= 15 is 0 Å². The molecule has 1 aliphatic carbocycles. The molecule has 0 amide bonds. The molecule has 1 saturated carbocycles. The smallest absolute Gasteiger partial charge is 0.119 e. The third kappa shape index (κ3) is 4.15. The summed E-state index contributed by atoms with van der Waals surface area (Å²) in [6.07, 6.45) is 6.38.